The molecule has 0 N–H and O–H groups in total. The Kier molecular flexibility index (Phi) is 8.64. The lowest BCUT2D eigenvalue weighted by Crippen LogP contribution is -2.12. The first-order valence-electron chi connectivity index (χ1n) is 12.8. The van der Waals surface area contributed by atoms with E-state index in [4.69, 9.17) is 4.74 Å². The first kappa shape index (κ1) is 23.9. The van der Waals surface area contributed by atoms with Gasteiger partial charge in [0, 0.05) is 11.1 Å². The summed E-state index contributed by atoms with van der Waals surface area (Å²) in [7, 11) is 0. The van der Waals surface area contributed by atoms with E-state index in [0.717, 1.165) is 42.7 Å². The Labute approximate surface area is 205 Å². The molecule has 0 aromatic heterocycles. The average Bonchev–Trinajstić information content (AvgIpc) is 2.91. The number of rotatable bonds is 8. The number of ether oxygens (including phenoxy) is 1. The van der Waals surface area contributed by atoms with Crippen LogP contribution in [0.5, 0.6) is 5.75 Å². The first-order chi connectivity index (χ1) is 16.7. The normalized spacial score (nSPS) is 17.4. The van der Waals surface area contributed by atoms with Crippen LogP contribution in [0.2, 0.25) is 0 Å². The highest BCUT2D eigenvalue weighted by Crippen LogP contribution is 2.40. The second kappa shape index (κ2) is 12.3. The van der Waals surface area contributed by atoms with Gasteiger partial charge < -0.3 is 4.74 Å². The Morgan fingerprint density at radius 1 is 0.765 bits per heavy atom. The molecule has 1 aliphatic rings. The molecule has 1 fully saturated rings. The van der Waals surface area contributed by atoms with E-state index >= 15 is 0 Å². The monoisotopic (exact) mass is 448 g/mol. The summed E-state index contributed by atoms with van der Waals surface area (Å²) < 4.78 is 5.64. The quantitative estimate of drug-likeness (QED) is 0.248. The fourth-order valence-electron chi connectivity index (χ4n) is 4.82. The maximum Gasteiger partial charge on any atom is 0.119 e. The van der Waals surface area contributed by atoms with Gasteiger partial charge >= 0.3 is 0 Å². The van der Waals surface area contributed by atoms with Gasteiger partial charge in [0.25, 0.3) is 0 Å². The van der Waals surface area contributed by atoms with Gasteiger partial charge in [-0.25, -0.2) is 0 Å². The summed E-state index contributed by atoms with van der Waals surface area (Å²) in [5.74, 6) is 8.85. The fraction of sp³-hybridized carbons (Fsp3) is 0.333. The van der Waals surface area contributed by atoms with Crippen molar-refractivity contribution < 1.29 is 4.74 Å². The lowest BCUT2D eigenvalue weighted by molar-refractivity contribution is 0.317. The largest absolute Gasteiger partial charge is 0.494 e. The molecule has 0 radical (unpaired) electrons. The zero-order valence-corrected chi connectivity index (χ0v) is 20.4. The van der Waals surface area contributed by atoms with Gasteiger partial charge in [-0.2, -0.15) is 0 Å². The third kappa shape index (κ3) is 6.64. The van der Waals surface area contributed by atoms with Crippen LogP contribution in [0.25, 0.3) is 0 Å². The number of benzene rings is 3. The van der Waals surface area contributed by atoms with Crippen LogP contribution in [0.3, 0.4) is 0 Å². The highest BCUT2D eigenvalue weighted by molar-refractivity contribution is 5.45. The number of hydrogen-bond acceptors (Lipinski definition) is 1. The van der Waals surface area contributed by atoms with Crippen LogP contribution in [0, 0.1) is 11.8 Å². The van der Waals surface area contributed by atoms with Crippen molar-refractivity contribution >= 4 is 0 Å². The second-order valence-corrected chi connectivity index (χ2v) is 9.36. The maximum atomic E-state index is 5.64. The van der Waals surface area contributed by atoms with Crippen molar-refractivity contribution in [2.75, 3.05) is 6.61 Å². The summed E-state index contributed by atoms with van der Waals surface area (Å²) in [6, 6.07) is 26.3. The van der Waals surface area contributed by atoms with Crippen LogP contribution in [0.15, 0.2) is 85.5 Å². The molecule has 0 unspecified atom stereocenters. The van der Waals surface area contributed by atoms with Gasteiger partial charge in [-0.05, 0) is 110 Å². The predicted octanol–water partition coefficient (Wildman–Crippen LogP) is 8.44. The molecule has 0 spiro atoms. The van der Waals surface area contributed by atoms with Gasteiger partial charge in [0.15, 0.2) is 0 Å². The van der Waals surface area contributed by atoms with Crippen LogP contribution in [0.4, 0.5) is 0 Å². The Balaban J connectivity index is 1.29. The van der Waals surface area contributed by atoms with Crippen molar-refractivity contribution in [3.05, 3.63) is 113 Å². The summed E-state index contributed by atoms with van der Waals surface area (Å²) >= 11 is 0. The number of aryl methyl sites for hydroxylation is 1. The molecule has 0 saturated heterocycles. The summed E-state index contributed by atoms with van der Waals surface area (Å²) in [4.78, 5) is 0. The molecule has 1 heteroatoms. The lowest BCUT2D eigenvalue weighted by atomic mass is 9.76. The predicted molar refractivity (Wildman–Crippen MR) is 144 cm³/mol. The minimum atomic E-state index is 0.667. The second-order valence-electron chi connectivity index (χ2n) is 9.36. The van der Waals surface area contributed by atoms with Crippen molar-refractivity contribution in [3.8, 4) is 17.6 Å². The van der Waals surface area contributed by atoms with Gasteiger partial charge in [0.2, 0.25) is 0 Å². The van der Waals surface area contributed by atoms with Crippen LogP contribution in [-0.4, -0.2) is 6.61 Å². The van der Waals surface area contributed by atoms with Crippen molar-refractivity contribution in [1.82, 2.24) is 0 Å². The van der Waals surface area contributed by atoms with Gasteiger partial charge in [-0.1, -0.05) is 61.2 Å². The molecule has 0 aliphatic heterocycles. The zero-order chi connectivity index (χ0) is 23.6. The highest BCUT2D eigenvalue weighted by Gasteiger charge is 2.23. The van der Waals surface area contributed by atoms with E-state index in [1.807, 2.05) is 30.3 Å². The smallest absolute Gasteiger partial charge is 0.119 e. The molecule has 3 aromatic carbocycles. The van der Waals surface area contributed by atoms with Crippen LogP contribution < -0.4 is 4.74 Å². The van der Waals surface area contributed by atoms with E-state index in [2.05, 4.69) is 73.9 Å². The molecule has 0 amide bonds. The number of hydrogen-bond donors (Lipinski definition) is 0. The van der Waals surface area contributed by atoms with Gasteiger partial charge in [0.1, 0.15) is 5.75 Å². The van der Waals surface area contributed by atoms with Crippen molar-refractivity contribution in [3.63, 3.8) is 0 Å². The molecule has 0 bridgehead atoms. The van der Waals surface area contributed by atoms with Crippen LogP contribution in [-0.2, 0) is 6.42 Å². The summed E-state index contributed by atoms with van der Waals surface area (Å²) in [5.41, 5.74) is 6.47. The summed E-state index contributed by atoms with van der Waals surface area (Å²) in [6.07, 6.45) is 10.2. The standard InChI is InChI=1S/C33H36O/c1-3-5-6-26-9-15-29(16-10-26)31-19-21-32(22-20-31)30-17-11-27(12-18-30)7-8-28-13-23-33(24-14-28)34-25-4-2/h3,9-18,23-24,31-32H,1,4-6,19-22,25H2,2H3/t31-,32-. The fourth-order valence-corrected chi connectivity index (χ4v) is 4.82. The van der Waals surface area contributed by atoms with Gasteiger partial charge in [-0.3, -0.25) is 0 Å². The topological polar surface area (TPSA) is 9.23 Å². The Bertz CT molecular complexity index is 1090. The molecule has 4 rings (SSSR count). The summed E-state index contributed by atoms with van der Waals surface area (Å²) in [6.45, 7) is 6.69. The number of allylic oxidation sites excluding steroid dienone is 1. The molecule has 1 saturated carbocycles. The van der Waals surface area contributed by atoms with E-state index in [9.17, 15) is 0 Å². The molecule has 0 atom stereocenters. The molecule has 1 aliphatic carbocycles. The molecule has 1 nitrogen and oxygen atoms in total. The van der Waals surface area contributed by atoms with Crippen LogP contribution >= 0.6 is 0 Å². The Morgan fingerprint density at radius 3 is 1.76 bits per heavy atom. The Morgan fingerprint density at radius 2 is 1.26 bits per heavy atom. The minimum absolute atomic E-state index is 0.667. The molecule has 3 aromatic rings. The Hall–Kier alpha value is -3.24. The molecule has 174 valence electrons. The lowest BCUT2D eigenvalue weighted by Gasteiger charge is -2.29. The van der Waals surface area contributed by atoms with Gasteiger partial charge in [-0.15, -0.1) is 6.58 Å². The van der Waals surface area contributed by atoms with E-state index in [1.54, 1.807) is 0 Å². The third-order valence-corrected chi connectivity index (χ3v) is 6.88. The SMILES string of the molecule is C=CCCc1ccc([C@H]2CC[C@H](c3ccc(C#Cc4ccc(OCCC)cc4)cc3)CC2)cc1. The van der Waals surface area contributed by atoms with E-state index < -0.39 is 0 Å². The molecular weight excluding hydrogens is 412 g/mol. The zero-order valence-electron chi connectivity index (χ0n) is 20.4. The minimum Gasteiger partial charge on any atom is -0.494 e. The van der Waals surface area contributed by atoms with E-state index in [0.29, 0.717) is 11.8 Å². The van der Waals surface area contributed by atoms with Gasteiger partial charge in [0.05, 0.1) is 6.61 Å². The van der Waals surface area contributed by atoms with E-state index in [1.165, 1.54) is 42.4 Å². The van der Waals surface area contributed by atoms with Crippen LogP contribution in [0.1, 0.15) is 85.1 Å². The van der Waals surface area contributed by atoms with Crippen molar-refractivity contribution in [2.45, 2.75) is 63.7 Å². The maximum absolute atomic E-state index is 5.64. The molecule has 34 heavy (non-hydrogen) atoms. The highest BCUT2D eigenvalue weighted by atomic mass is 16.5. The van der Waals surface area contributed by atoms with E-state index in [-0.39, 0.29) is 0 Å². The van der Waals surface area contributed by atoms with Crippen molar-refractivity contribution in [2.24, 2.45) is 0 Å². The first-order valence-corrected chi connectivity index (χ1v) is 12.8. The average molecular weight is 449 g/mol. The van der Waals surface area contributed by atoms with Crippen molar-refractivity contribution in [1.29, 1.82) is 0 Å². The molecule has 0 heterocycles. The molecular formula is C33H36O. The summed E-state index contributed by atoms with van der Waals surface area (Å²) in [5, 5.41) is 0. The third-order valence-electron chi connectivity index (χ3n) is 6.88.